The Hall–Kier alpha value is -2.59. The summed E-state index contributed by atoms with van der Waals surface area (Å²) < 4.78 is 1.61. The summed E-state index contributed by atoms with van der Waals surface area (Å²) in [7, 11) is 1.78. The monoisotopic (exact) mass is 344 g/mol. The van der Waals surface area contributed by atoms with Crippen molar-refractivity contribution in [2.24, 2.45) is 7.05 Å². The highest BCUT2D eigenvalue weighted by molar-refractivity contribution is 6.33. The number of anilines is 1. The van der Waals surface area contributed by atoms with Crippen LogP contribution >= 0.6 is 11.6 Å². The van der Waals surface area contributed by atoms with Gasteiger partial charge in [-0.2, -0.15) is 10.4 Å². The SMILES string of the molecule is Cn1cc(C(=O)NC2CCN(c3ncc(C#N)cc3Cl)CC2)cn1. The molecular weight excluding hydrogens is 328 g/mol. The third-order valence-corrected chi connectivity index (χ3v) is 4.33. The maximum Gasteiger partial charge on any atom is 0.254 e. The van der Waals surface area contributed by atoms with Crippen molar-refractivity contribution in [1.29, 1.82) is 5.26 Å². The number of amides is 1. The molecule has 0 unspecified atom stereocenters. The van der Waals surface area contributed by atoms with Gasteiger partial charge in [0.25, 0.3) is 5.91 Å². The number of hydrogen-bond acceptors (Lipinski definition) is 5. The number of aromatic nitrogens is 3. The van der Waals surface area contributed by atoms with Crippen molar-refractivity contribution < 1.29 is 4.79 Å². The molecule has 1 saturated heterocycles. The minimum absolute atomic E-state index is 0.101. The van der Waals surface area contributed by atoms with Crippen LogP contribution in [0, 0.1) is 11.3 Å². The van der Waals surface area contributed by atoms with Gasteiger partial charge in [0.2, 0.25) is 0 Å². The molecule has 0 spiro atoms. The van der Waals surface area contributed by atoms with Crippen molar-refractivity contribution in [3.8, 4) is 6.07 Å². The molecule has 1 aliphatic heterocycles. The third kappa shape index (κ3) is 3.49. The summed E-state index contributed by atoms with van der Waals surface area (Å²) in [4.78, 5) is 18.5. The number of nitrogens with one attached hydrogen (secondary N) is 1. The highest BCUT2D eigenvalue weighted by Crippen LogP contribution is 2.26. The van der Waals surface area contributed by atoms with Gasteiger partial charge in [0.1, 0.15) is 11.9 Å². The number of piperidine rings is 1. The van der Waals surface area contributed by atoms with Crippen LogP contribution in [-0.4, -0.2) is 39.8 Å². The maximum absolute atomic E-state index is 12.2. The van der Waals surface area contributed by atoms with Crippen LogP contribution in [0.1, 0.15) is 28.8 Å². The van der Waals surface area contributed by atoms with Gasteiger partial charge in [-0.3, -0.25) is 9.48 Å². The minimum atomic E-state index is -0.101. The Balaban J connectivity index is 1.58. The zero-order valence-electron chi connectivity index (χ0n) is 13.2. The van der Waals surface area contributed by atoms with Gasteiger partial charge in [0.05, 0.1) is 22.3 Å². The van der Waals surface area contributed by atoms with E-state index in [0.29, 0.717) is 22.0 Å². The van der Waals surface area contributed by atoms with E-state index in [-0.39, 0.29) is 11.9 Å². The van der Waals surface area contributed by atoms with Crippen molar-refractivity contribution in [1.82, 2.24) is 20.1 Å². The third-order valence-electron chi connectivity index (χ3n) is 4.05. The van der Waals surface area contributed by atoms with Crippen molar-refractivity contribution in [3.05, 3.63) is 40.8 Å². The first-order valence-corrected chi connectivity index (χ1v) is 8.04. The molecule has 124 valence electrons. The molecule has 1 fully saturated rings. The Bertz CT molecular complexity index is 788. The maximum atomic E-state index is 12.2. The number of hydrogen-bond donors (Lipinski definition) is 1. The van der Waals surface area contributed by atoms with E-state index in [4.69, 9.17) is 16.9 Å². The highest BCUT2D eigenvalue weighted by Gasteiger charge is 2.23. The lowest BCUT2D eigenvalue weighted by Gasteiger charge is -2.33. The highest BCUT2D eigenvalue weighted by atomic mass is 35.5. The van der Waals surface area contributed by atoms with Crippen LogP contribution < -0.4 is 10.2 Å². The fraction of sp³-hybridized carbons (Fsp3) is 0.375. The van der Waals surface area contributed by atoms with Crippen LogP contribution in [0.4, 0.5) is 5.82 Å². The molecule has 8 heteroatoms. The van der Waals surface area contributed by atoms with Gasteiger partial charge in [-0.15, -0.1) is 0 Å². The van der Waals surface area contributed by atoms with Crippen LogP contribution in [0.15, 0.2) is 24.7 Å². The molecule has 2 aromatic heterocycles. The molecule has 1 aliphatic rings. The summed E-state index contributed by atoms with van der Waals surface area (Å²) in [6.45, 7) is 1.49. The number of nitrogens with zero attached hydrogens (tertiary/aromatic N) is 5. The molecule has 3 heterocycles. The molecule has 7 nitrogen and oxygen atoms in total. The zero-order valence-corrected chi connectivity index (χ0v) is 14.0. The quantitative estimate of drug-likeness (QED) is 0.916. The largest absolute Gasteiger partial charge is 0.355 e. The van der Waals surface area contributed by atoms with E-state index in [0.717, 1.165) is 25.9 Å². The van der Waals surface area contributed by atoms with E-state index in [1.54, 1.807) is 30.2 Å². The number of aryl methyl sites for hydroxylation is 1. The summed E-state index contributed by atoms with van der Waals surface area (Å²) in [6.07, 6.45) is 6.40. The second kappa shape index (κ2) is 6.89. The van der Waals surface area contributed by atoms with E-state index >= 15 is 0 Å². The molecule has 24 heavy (non-hydrogen) atoms. The lowest BCUT2D eigenvalue weighted by Crippen LogP contribution is -2.45. The lowest BCUT2D eigenvalue weighted by molar-refractivity contribution is 0.0931. The molecule has 0 atom stereocenters. The Morgan fingerprint density at radius 2 is 2.17 bits per heavy atom. The van der Waals surface area contributed by atoms with Crippen molar-refractivity contribution in [2.45, 2.75) is 18.9 Å². The Morgan fingerprint density at radius 1 is 1.42 bits per heavy atom. The van der Waals surface area contributed by atoms with Crippen LogP contribution in [0.25, 0.3) is 0 Å². The van der Waals surface area contributed by atoms with Crippen molar-refractivity contribution >= 4 is 23.3 Å². The smallest absolute Gasteiger partial charge is 0.254 e. The predicted molar refractivity (Wildman–Crippen MR) is 89.9 cm³/mol. The summed E-state index contributed by atoms with van der Waals surface area (Å²) in [6, 6.07) is 3.77. The average molecular weight is 345 g/mol. The number of rotatable bonds is 3. The summed E-state index contributed by atoms with van der Waals surface area (Å²) in [5, 5.41) is 16.4. The lowest BCUT2D eigenvalue weighted by atomic mass is 10.0. The van der Waals surface area contributed by atoms with E-state index in [1.165, 1.54) is 6.20 Å². The Morgan fingerprint density at radius 3 is 2.75 bits per heavy atom. The number of halogens is 1. The van der Waals surface area contributed by atoms with Crippen LogP contribution in [-0.2, 0) is 7.05 Å². The van der Waals surface area contributed by atoms with E-state index in [2.05, 4.69) is 20.3 Å². The van der Waals surface area contributed by atoms with E-state index in [1.807, 2.05) is 6.07 Å². The van der Waals surface area contributed by atoms with E-state index < -0.39 is 0 Å². The number of pyridine rings is 1. The molecule has 0 saturated carbocycles. The fourth-order valence-electron chi connectivity index (χ4n) is 2.77. The molecule has 0 aliphatic carbocycles. The zero-order chi connectivity index (χ0) is 17.1. The number of carbonyl (C=O) groups excluding carboxylic acids is 1. The molecule has 1 amide bonds. The van der Waals surface area contributed by atoms with E-state index in [9.17, 15) is 4.79 Å². The molecular formula is C16H17ClN6O. The van der Waals surface area contributed by atoms with Crippen LogP contribution in [0.5, 0.6) is 0 Å². The average Bonchev–Trinajstić information content (AvgIpc) is 3.02. The predicted octanol–water partition coefficient (Wildman–Crippen LogP) is 1.74. The Labute approximate surface area is 144 Å². The second-order valence-electron chi connectivity index (χ2n) is 5.78. The van der Waals surface area contributed by atoms with Crippen LogP contribution in [0.2, 0.25) is 5.02 Å². The Kier molecular flexibility index (Phi) is 4.67. The minimum Gasteiger partial charge on any atom is -0.355 e. The summed E-state index contributed by atoms with van der Waals surface area (Å²) in [5.41, 5.74) is 1.01. The molecule has 2 aromatic rings. The summed E-state index contributed by atoms with van der Waals surface area (Å²) >= 11 is 6.21. The topological polar surface area (TPSA) is 86.8 Å². The van der Waals surface area contributed by atoms with Crippen molar-refractivity contribution in [2.75, 3.05) is 18.0 Å². The molecule has 0 aromatic carbocycles. The molecule has 0 radical (unpaired) electrons. The fourth-order valence-corrected chi connectivity index (χ4v) is 3.05. The van der Waals surface area contributed by atoms with Gasteiger partial charge in [0.15, 0.2) is 0 Å². The first kappa shape index (κ1) is 16.3. The van der Waals surface area contributed by atoms with Gasteiger partial charge in [-0.1, -0.05) is 11.6 Å². The molecule has 3 rings (SSSR count). The first-order chi connectivity index (χ1) is 11.6. The van der Waals surface area contributed by atoms with Gasteiger partial charge in [0, 0.05) is 38.6 Å². The van der Waals surface area contributed by atoms with Crippen molar-refractivity contribution in [3.63, 3.8) is 0 Å². The van der Waals surface area contributed by atoms with Gasteiger partial charge in [-0.05, 0) is 18.9 Å². The second-order valence-corrected chi connectivity index (χ2v) is 6.19. The summed E-state index contributed by atoms with van der Waals surface area (Å²) in [5.74, 6) is 0.587. The normalized spacial score (nSPS) is 15.1. The molecule has 0 bridgehead atoms. The molecule has 1 N–H and O–H groups in total. The number of nitriles is 1. The first-order valence-electron chi connectivity index (χ1n) is 7.67. The number of carbonyl (C=O) groups is 1. The van der Waals surface area contributed by atoms with Crippen LogP contribution in [0.3, 0.4) is 0 Å². The standard InChI is InChI=1S/C16H17ClN6O/c1-22-10-12(9-20-22)16(24)21-13-2-4-23(5-3-13)15-14(17)6-11(7-18)8-19-15/h6,8-10,13H,2-5H2,1H3,(H,21,24). The van der Waals surface area contributed by atoms with Gasteiger partial charge >= 0.3 is 0 Å². The van der Waals surface area contributed by atoms with Gasteiger partial charge in [-0.25, -0.2) is 4.98 Å². The van der Waals surface area contributed by atoms with Gasteiger partial charge < -0.3 is 10.2 Å².